The number of rotatable bonds is 0. The molecule has 0 atom stereocenters. The average Bonchev–Trinajstić information content (AvgIpc) is 0.811. The predicted octanol–water partition coefficient (Wildman–Crippen LogP) is 2.27. The van der Waals surface area contributed by atoms with Crippen molar-refractivity contribution in [1.82, 2.24) is 0 Å². The fourth-order valence-corrected chi connectivity index (χ4v) is 0. The minimum absolute atomic E-state index is 0. The molecule has 0 unspecified atom stereocenters. The third kappa shape index (κ3) is 23.9. The molecule has 48 valence electrons. The van der Waals surface area contributed by atoms with Gasteiger partial charge in [-0.3, -0.25) is 0 Å². The first-order chi connectivity index (χ1) is 1.73. The van der Waals surface area contributed by atoms with E-state index in [1.54, 1.807) is 0 Å². The number of halogens is 3. The monoisotopic (exact) mass is 760 g/mol. The van der Waals surface area contributed by atoms with Gasteiger partial charge in [-0.1, -0.05) is 0 Å². The maximum absolute atomic E-state index is 2.52. The van der Waals surface area contributed by atoms with Crippen LogP contribution in [0.2, 0.25) is 0 Å². The van der Waals surface area contributed by atoms with Gasteiger partial charge in [-0.2, -0.15) is 0 Å². The van der Waals surface area contributed by atoms with Crippen LogP contribution in [0.3, 0.4) is 0 Å². The van der Waals surface area contributed by atoms with E-state index < -0.39 is 9.18 Å². The van der Waals surface area contributed by atoms with Crippen LogP contribution < -0.4 is 0 Å². The van der Waals surface area contributed by atoms with Crippen molar-refractivity contribution in [3.05, 3.63) is 0 Å². The Labute approximate surface area is 99.5 Å². The van der Waals surface area contributed by atoms with Crippen molar-refractivity contribution in [1.29, 1.82) is 0 Å². The first-order valence-corrected chi connectivity index (χ1v) is 29.8. The zero-order valence-corrected chi connectivity index (χ0v) is 14.6. The van der Waals surface area contributed by atoms with Crippen molar-refractivity contribution in [2.45, 2.75) is 0 Å². The topological polar surface area (TPSA) is 0 Å². The van der Waals surface area contributed by atoms with E-state index in [0.29, 0.717) is 0 Å². The van der Waals surface area contributed by atoms with Crippen LogP contribution in [0.15, 0.2) is 0 Å². The second kappa shape index (κ2) is 12.1. The van der Waals surface area contributed by atoms with Gasteiger partial charge in [0.2, 0.25) is 0 Å². The summed E-state index contributed by atoms with van der Waals surface area (Å²) in [4.78, 5) is 0. The Morgan fingerprint density at radius 1 is 1.00 bits per heavy atom. The summed E-state index contributed by atoms with van der Waals surface area (Å²) in [5.41, 5.74) is 0. The van der Waals surface area contributed by atoms with Crippen LogP contribution in [-0.4, -0.2) is 9.18 Å². The summed E-state index contributed by atoms with van der Waals surface area (Å²) in [6.45, 7) is 0. The van der Waals surface area contributed by atoms with E-state index in [1.165, 1.54) is 0 Å². The molecule has 0 heterocycles. The number of hydrogen-bond donors (Lipinski definition) is 0. The van der Waals surface area contributed by atoms with Gasteiger partial charge in [0, 0.05) is 39.4 Å². The van der Waals surface area contributed by atoms with Crippen LogP contribution in [0.25, 0.3) is 0 Å². The molecule has 0 saturated carbocycles. The Hall–Kier alpha value is 4.33. The Kier molecular flexibility index (Phi) is 33.6. The van der Waals surface area contributed by atoms with Crippen molar-refractivity contribution in [2.75, 3.05) is 0 Å². The third-order valence-electron chi connectivity index (χ3n) is 0. The van der Waals surface area contributed by atoms with Crippen molar-refractivity contribution in [3.63, 3.8) is 0 Å². The van der Waals surface area contributed by atoms with Gasteiger partial charge in [0.1, 0.15) is 0 Å². The zero-order chi connectivity index (χ0) is 3.58. The van der Waals surface area contributed by atoms with Gasteiger partial charge in [0.15, 0.2) is 0 Å². The second-order valence-corrected chi connectivity index (χ2v) is 75.7. The Bertz CT molecular complexity index is 15.5. The molecule has 0 aliphatic carbocycles. The molecular weight excluding hydrogens is 761 g/mol. The molecular formula is AgBiCuI3. The van der Waals surface area contributed by atoms with E-state index in [0.717, 1.165) is 0 Å². The molecule has 0 aromatic carbocycles. The standard InChI is InChI=1S/Ag.Bi.Cu.3HI/h;;;3*1H/q;+3;;;;/p-3. The Balaban J connectivity index is -0.0000000450. The first kappa shape index (κ1) is 16.7. The van der Waals surface area contributed by atoms with E-state index >= 15 is 0 Å². The Morgan fingerprint density at radius 3 is 1.00 bits per heavy atom. The van der Waals surface area contributed by atoms with Crippen molar-refractivity contribution < 1.29 is 39.4 Å². The van der Waals surface area contributed by atoms with Gasteiger partial charge < -0.3 is 0 Å². The molecule has 0 fully saturated rings. The third-order valence-corrected chi connectivity index (χ3v) is 0. The second-order valence-electron chi connectivity index (χ2n) is 0.192. The summed E-state index contributed by atoms with van der Waals surface area (Å²) in [6, 6.07) is 0. The van der Waals surface area contributed by atoms with E-state index in [4.69, 9.17) is 0 Å². The molecule has 6 heavy (non-hydrogen) atoms. The molecule has 0 nitrogen and oxygen atoms in total. The summed E-state index contributed by atoms with van der Waals surface area (Å²) < 4.78 is 0. The maximum atomic E-state index is 2.52. The summed E-state index contributed by atoms with van der Waals surface area (Å²) in [7, 11) is -0.683. The first-order valence-electron chi connectivity index (χ1n) is 0.507. The van der Waals surface area contributed by atoms with Crippen molar-refractivity contribution >= 4 is 63.3 Å². The number of hydrogen-bond acceptors (Lipinski definition) is 0. The van der Waals surface area contributed by atoms with Crippen LogP contribution in [0.5, 0.6) is 0 Å². The molecule has 0 N–H and O–H groups in total. The molecule has 0 rings (SSSR count). The fraction of sp³-hybridized carbons (Fsp3) is 0. The van der Waals surface area contributed by atoms with E-state index in [1.807, 2.05) is 0 Å². The summed E-state index contributed by atoms with van der Waals surface area (Å²) in [5, 5.41) is 0. The molecule has 0 saturated heterocycles. The van der Waals surface area contributed by atoms with Gasteiger partial charge >= 0.3 is 63.3 Å². The average molecular weight is 761 g/mol. The van der Waals surface area contributed by atoms with Crippen LogP contribution >= 0.6 is 54.1 Å². The van der Waals surface area contributed by atoms with Gasteiger partial charge in [-0.15, -0.1) is 0 Å². The van der Waals surface area contributed by atoms with Crippen molar-refractivity contribution in [2.24, 2.45) is 0 Å². The van der Waals surface area contributed by atoms with Gasteiger partial charge in [0.25, 0.3) is 0 Å². The predicted molar refractivity (Wildman–Crippen MR) is 47.8 cm³/mol. The molecule has 0 aliphatic rings. The zero-order valence-electron chi connectivity index (χ0n) is 2.18. The van der Waals surface area contributed by atoms with Gasteiger partial charge in [0.05, 0.1) is 0 Å². The molecule has 6 heteroatoms. The minimum atomic E-state index is -0.683. The molecule has 2 radical (unpaired) electrons. The summed E-state index contributed by atoms with van der Waals surface area (Å²) in [6.07, 6.45) is 0. The van der Waals surface area contributed by atoms with Crippen LogP contribution in [0, 0.1) is 0 Å². The van der Waals surface area contributed by atoms with Crippen molar-refractivity contribution in [3.8, 4) is 0 Å². The van der Waals surface area contributed by atoms with E-state index in [9.17, 15) is 0 Å². The summed E-state index contributed by atoms with van der Waals surface area (Å²) in [5.74, 6) is 0. The van der Waals surface area contributed by atoms with Gasteiger partial charge in [-0.05, 0) is 0 Å². The van der Waals surface area contributed by atoms with E-state index in [2.05, 4.69) is 54.1 Å². The Morgan fingerprint density at radius 2 is 1.00 bits per heavy atom. The van der Waals surface area contributed by atoms with Crippen LogP contribution in [0.4, 0.5) is 0 Å². The van der Waals surface area contributed by atoms with Crippen LogP contribution in [0.1, 0.15) is 0 Å². The van der Waals surface area contributed by atoms with Gasteiger partial charge in [-0.25, -0.2) is 0 Å². The molecule has 0 amide bonds. The fourth-order valence-electron chi connectivity index (χ4n) is 0. The van der Waals surface area contributed by atoms with E-state index in [-0.39, 0.29) is 39.4 Å². The molecule has 0 bridgehead atoms. The SMILES string of the molecule is [Ag].[Cu].[I][Bi]([I])[I]. The van der Waals surface area contributed by atoms with Crippen LogP contribution in [-0.2, 0) is 39.4 Å². The summed E-state index contributed by atoms with van der Waals surface area (Å²) >= 11 is 7.56. The quantitative estimate of drug-likeness (QED) is 0.263. The molecule has 0 aliphatic heterocycles. The normalized spacial score (nSPS) is 6.00. The molecule has 0 aromatic rings. The molecule has 0 spiro atoms. The molecule has 0 aromatic heterocycles.